The van der Waals surface area contributed by atoms with Gasteiger partial charge in [-0.3, -0.25) is 14.5 Å². The normalized spacial score (nSPS) is 20.0. The van der Waals surface area contributed by atoms with E-state index in [1.54, 1.807) is 29.2 Å². The molecule has 164 valence electrons. The van der Waals surface area contributed by atoms with E-state index >= 15 is 0 Å². The number of carbonyl (C=O) groups is 3. The second-order valence-corrected chi connectivity index (χ2v) is 10.2. The minimum absolute atomic E-state index is 0.0110. The number of likely N-dealkylation sites (N-methyl/N-ethyl adjacent to an activating group) is 1. The van der Waals surface area contributed by atoms with Crippen LogP contribution in [0.25, 0.3) is 0 Å². The van der Waals surface area contributed by atoms with Crippen LogP contribution in [0, 0.1) is 0 Å². The van der Waals surface area contributed by atoms with E-state index in [-0.39, 0.29) is 48.5 Å². The Morgan fingerprint density at radius 2 is 1.77 bits per heavy atom. The molecule has 0 saturated carbocycles. The van der Waals surface area contributed by atoms with Crippen LogP contribution in [0.1, 0.15) is 33.6 Å². The van der Waals surface area contributed by atoms with Crippen molar-refractivity contribution in [2.75, 3.05) is 51.8 Å². The fraction of sp³-hybridized carbons (Fsp3) is 0.550. The molecule has 1 aromatic rings. The van der Waals surface area contributed by atoms with Gasteiger partial charge in [-0.1, -0.05) is 12.1 Å². The van der Waals surface area contributed by atoms with Gasteiger partial charge in [0, 0.05) is 32.2 Å². The Morgan fingerprint density at radius 1 is 1.13 bits per heavy atom. The first kappa shape index (κ1) is 22.2. The van der Waals surface area contributed by atoms with Crippen molar-refractivity contribution >= 4 is 27.7 Å². The fourth-order valence-corrected chi connectivity index (χ4v) is 5.49. The average Bonchev–Trinajstić information content (AvgIpc) is 3.17. The molecule has 10 heteroatoms. The fourth-order valence-electron chi connectivity index (χ4n) is 3.76. The minimum Gasteiger partial charge on any atom is -0.338 e. The molecule has 3 rings (SSSR count). The van der Waals surface area contributed by atoms with Crippen LogP contribution in [0.4, 0.5) is 4.79 Å². The molecule has 0 aliphatic carbocycles. The highest BCUT2D eigenvalue weighted by Gasteiger charge is 2.36. The number of hydrogen-bond donors (Lipinski definition) is 1. The molecule has 0 spiro atoms. The number of imide groups is 1. The Kier molecular flexibility index (Phi) is 6.77. The van der Waals surface area contributed by atoms with E-state index in [9.17, 15) is 22.8 Å². The number of nitrogens with one attached hydrogen (secondary N) is 1. The maximum Gasteiger partial charge on any atom is 0.317 e. The van der Waals surface area contributed by atoms with Crippen molar-refractivity contribution < 1.29 is 22.8 Å². The number of carbonyl (C=O) groups excluding carboxylic acids is 3. The molecule has 9 nitrogen and oxygen atoms in total. The van der Waals surface area contributed by atoms with E-state index in [0.29, 0.717) is 37.1 Å². The lowest BCUT2D eigenvalue weighted by Gasteiger charge is -2.29. The molecule has 0 aromatic heterocycles. The number of hydrogen-bond acceptors (Lipinski definition) is 6. The predicted molar refractivity (Wildman–Crippen MR) is 112 cm³/mol. The van der Waals surface area contributed by atoms with Gasteiger partial charge in [0.2, 0.25) is 0 Å². The van der Waals surface area contributed by atoms with Crippen LogP contribution in [-0.4, -0.2) is 98.8 Å². The zero-order valence-corrected chi connectivity index (χ0v) is 18.2. The van der Waals surface area contributed by atoms with Gasteiger partial charge in [-0.25, -0.2) is 13.2 Å². The predicted octanol–water partition coefficient (Wildman–Crippen LogP) is 0.433. The standard InChI is InChI=1S/C20H28N4O5S/c1-22(2)11-12-23(15-8-13-30(28,29)14-15)20(27)21-9-5-10-24-18(25)16-6-3-4-7-17(16)19(24)26/h3-4,6-7,15H,5,8-14H2,1-2H3,(H,21,27). The highest BCUT2D eigenvalue weighted by molar-refractivity contribution is 7.91. The van der Waals surface area contributed by atoms with E-state index < -0.39 is 9.84 Å². The zero-order chi connectivity index (χ0) is 21.9. The highest BCUT2D eigenvalue weighted by Crippen LogP contribution is 2.22. The van der Waals surface area contributed by atoms with Crippen LogP contribution < -0.4 is 5.32 Å². The monoisotopic (exact) mass is 436 g/mol. The first-order chi connectivity index (χ1) is 14.2. The van der Waals surface area contributed by atoms with Crippen molar-refractivity contribution in [3.8, 4) is 0 Å². The van der Waals surface area contributed by atoms with Crippen LogP contribution in [0.15, 0.2) is 24.3 Å². The molecule has 1 unspecified atom stereocenters. The summed E-state index contributed by atoms with van der Waals surface area (Å²) in [6, 6.07) is 6.07. The number of amides is 4. The first-order valence-corrected chi connectivity index (χ1v) is 11.9. The molecule has 2 aliphatic heterocycles. The van der Waals surface area contributed by atoms with Gasteiger partial charge in [-0.05, 0) is 39.1 Å². The summed E-state index contributed by atoms with van der Waals surface area (Å²) in [4.78, 5) is 42.2. The second kappa shape index (κ2) is 9.13. The van der Waals surface area contributed by atoms with E-state index in [1.807, 2.05) is 19.0 Å². The maximum absolute atomic E-state index is 12.7. The zero-order valence-electron chi connectivity index (χ0n) is 17.3. The van der Waals surface area contributed by atoms with Gasteiger partial charge in [0.1, 0.15) is 0 Å². The summed E-state index contributed by atoms with van der Waals surface area (Å²) in [7, 11) is 0.681. The van der Waals surface area contributed by atoms with Crippen molar-refractivity contribution in [3.05, 3.63) is 35.4 Å². The number of nitrogens with zero attached hydrogens (tertiary/aromatic N) is 3. The summed E-state index contributed by atoms with van der Waals surface area (Å²) in [5.74, 6) is -0.539. The van der Waals surface area contributed by atoms with Gasteiger partial charge in [0.15, 0.2) is 9.84 Å². The molecule has 1 N–H and O–H groups in total. The molecule has 0 radical (unpaired) electrons. The van der Waals surface area contributed by atoms with Crippen LogP contribution in [-0.2, 0) is 9.84 Å². The number of sulfone groups is 1. The summed E-state index contributed by atoms with van der Waals surface area (Å²) < 4.78 is 23.7. The summed E-state index contributed by atoms with van der Waals surface area (Å²) in [6.45, 7) is 1.54. The van der Waals surface area contributed by atoms with Crippen LogP contribution in [0.5, 0.6) is 0 Å². The molecule has 0 bridgehead atoms. The quantitative estimate of drug-likeness (QED) is 0.468. The van der Waals surface area contributed by atoms with E-state index in [1.165, 1.54) is 4.90 Å². The Hall–Kier alpha value is -2.46. The third-order valence-corrected chi connectivity index (χ3v) is 7.16. The average molecular weight is 437 g/mol. The summed E-state index contributed by atoms with van der Waals surface area (Å²) in [5.41, 5.74) is 0.813. The summed E-state index contributed by atoms with van der Waals surface area (Å²) in [5, 5.41) is 2.81. The Balaban J connectivity index is 1.52. The van der Waals surface area contributed by atoms with Crippen molar-refractivity contribution in [3.63, 3.8) is 0 Å². The highest BCUT2D eigenvalue weighted by atomic mass is 32.2. The molecule has 1 fully saturated rings. The molecular formula is C20H28N4O5S. The third-order valence-electron chi connectivity index (χ3n) is 5.41. The second-order valence-electron chi connectivity index (χ2n) is 7.95. The van der Waals surface area contributed by atoms with Gasteiger partial charge < -0.3 is 15.1 Å². The molecule has 4 amide bonds. The Morgan fingerprint density at radius 3 is 2.30 bits per heavy atom. The lowest BCUT2D eigenvalue weighted by atomic mass is 10.1. The molecular weight excluding hydrogens is 408 g/mol. The van der Waals surface area contributed by atoms with E-state index in [0.717, 1.165) is 0 Å². The largest absolute Gasteiger partial charge is 0.338 e. The minimum atomic E-state index is -3.10. The van der Waals surface area contributed by atoms with Gasteiger partial charge in [-0.15, -0.1) is 0 Å². The van der Waals surface area contributed by atoms with Crippen molar-refractivity contribution in [1.82, 2.24) is 20.0 Å². The van der Waals surface area contributed by atoms with Gasteiger partial charge in [0.25, 0.3) is 11.8 Å². The van der Waals surface area contributed by atoms with Gasteiger partial charge >= 0.3 is 6.03 Å². The Labute approximate surface area is 176 Å². The molecule has 1 saturated heterocycles. The maximum atomic E-state index is 12.7. The molecule has 1 aromatic carbocycles. The molecule has 30 heavy (non-hydrogen) atoms. The van der Waals surface area contributed by atoms with Crippen molar-refractivity contribution in [2.24, 2.45) is 0 Å². The van der Waals surface area contributed by atoms with Crippen LogP contribution in [0.3, 0.4) is 0 Å². The van der Waals surface area contributed by atoms with E-state index in [4.69, 9.17) is 0 Å². The SMILES string of the molecule is CN(C)CCN(C(=O)NCCCN1C(=O)c2ccccc2C1=O)C1CCS(=O)(=O)C1. The van der Waals surface area contributed by atoms with Crippen LogP contribution in [0.2, 0.25) is 0 Å². The number of fused-ring (bicyclic) bond motifs is 1. The third kappa shape index (κ3) is 4.99. The number of urea groups is 1. The molecule has 2 heterocycles. The first-order valence-electron chi connectivity index (χ1n) is 10.0. The van der Waals surface area contributed by atoms with Crippen LogP contribution >= 0.6 is 0 Å². The van der Waals surface area contributed by atoms with Gasteiger partial charge in [-0.2, -0.15) is 0 Å². The topological polar surface area (TPSA) is 107 Å². The number of rotatable bonds is 8. The lowest BCUT2D eigenvalue weighted by molar-refractivity contribution is 0.0653. The van der Waals surface area contributed by atoms with Crippen molar-refractivity contribution in [1.29, 1.82) is 0 Å². The lowest BCUT2D eigenvalue weighted by Crippen LogP contribution is -2.49. The summed E-state index contributed by atoms with van der Waals surface area (Å²) >= 11 is 0. The number of benzene rings is 1. The van der Waals surface area contributed by atoms with Gasteiger partial charge in [0.05, 0.1) is 22.6 Å². The Bertz CT molecular complexity index is 896. The molecule has 2 aliphatic rings. The molecule has 1 atom stereocenters. The summed E-state index contributed by atoms with van der Waals surface area (Å²) in [6.07, 6.45) is 0.861. The van der Waals surface area contributed by atoms with E-state index in [2.05, 4.69) is 5.32 Å². The smallest absolute Gasteiger partial charge is 0.317 e. The van der Waals surface area contributed by atoms with Crippen molar-refractivity contribution in [2.45, 2.75) is 18.9 Å².